The highest BCUT2D eigenvalue weighted by molar-refractivity contribution is 5.79. The second-order valence-corrected chi connectivity index (χ2v) is 6.28. The molecule has 3 rings (SSSR count). The quantitative estimate of drug-likeness (QED) is 0.900. The van der Waals surface area contributed by atoms with Crippen molar-refractivity contribution >= 4 is 11.6 Å². The maximum atomic E-state index is 12.9. The van der Waals surface area contributed by atoms with Crippen molar-refractivity contribution in [2.24, 2.45) is 5.92 Å². The summed E-state index contributed by atoms with van der Waals surface area (Å²) in [4.78, 5) is 14.5. The Hall–Kier alpha value is -1.62. The van der Waals surface area contributed by atoms with Gasteiger partial charge in [-0.25, -0.2) is 4.39 Å². The van der Waals surface area contributed by atoms with Gasteiger partial charge in [0.2, 0.25) is 5.91 Å². The van der Waals surface area contributed by atoms with E-state index in [-0.39, 0.29) is 11.7 Å². The zero-order valence-electron chi connectivity index (χ0n) is 12.9. The van der Waals surface area contributed by atoms with Crippen molar-refractivity contribution < 1.29 is 9.18 Å². The minimum Gasteiger partial charge on any atom is -0.382 e. The molecule has 1 amide bonds. The Balaban J connectivity index is 1.47. The zero-order valence-corrected chi connectivity index (χ0v) is 12.9. The Kier molecular flexibility index (Phi) is 4.93. The van der Waals surface area contributed by atoms with Crippen molar-refractivity contribution in [3.8, 4) is 0 Å². The normalized spacial score (nSPS) is 25.8. The zero-order chi connectivity index (χ0) is 15.4. The molecule has 22 heavy (non-hydrogen) atoms. The highest BCUT2D eigenvalue weighted by Crippen LogP contribution is 2.28. The summed E-state index contributed by atoms with van der Waals surface area (Å²) in [6.45, 7) is 3.50. The second-order valence-electron chi connectivity index (χ2n) is 6.28. The Labute approximate surface area is 131 Å². The summed E-state index contributed by atoms with van der Waals surface area (Å²) in [5.41, 5.74) is 0.957. The fraction of sp³-hybridized carbons (Fsp3) is 0.588. The third kappa shape index (κ3) is 3.77. The third-order valence-corrected chi connectivity index (χ3v) is 4.72. The van der Waals surface area contributed by atoms with Gasteiger partial charge in [0.25, 0.3) is 0 Å². The number of hydrogen-bond acceptors (Lipinski definition) is 3. The lowest BCUT2D eigenvalue weighted by Gasteiger charge is -2.34. The first-order valence-electron chi connectivity index (χ1n) is 8.24. The van der Waals surface area contributed by atoms with Gasteiger partial charge < -0.3 is 15.5 Å². The minimum atomic E-state index is -0.212. The SMILES string of the molecule is O=C([C@H]1CC[C@H](Nc2ccc(F)cc2)CC1)N1CCNCC1. The first-order valence-corrected chi connectivity index (χ1v) is 8.24. The molecule has 1 aromatic rings. The van der Waals surface area contributed by atoms with Gasteiger partial charge in [0, 0.05) is 43.8 Å². The predicted molar refractivity (Wildman–Crippen MR) is 85.2 cm³/mol. The highest BCUT2D eigenvalue weighted by Gasteiger charge is 2.29. The van der Waals surface area contributed by atoms with Crippen LogP contribution < -0.4 is 10.6 Å². The maximum absolute atomic E-state index is 12.9. The second kappa shape index (κ2) is 7.09. The number of hydrogen-bond donors (Lipinski definition) is 2. The van der Waals surface area contributed by atoms with E-state index in [2.05, 4.69) is 10.6 Å². The summed E-state index contributed by atoms with van der Waals surface area (Å²) in [7, 11) is 0. The van der Waals surface area contributed by atoms with Crippen molar-refractivity contribution in [1.82, 2.24) is 10.2 Å². The fourth-order valence-corrected chi connectivity index (χ4v) is 3.41. The molecular formula is C17H24FN3O. The molecule has 0 spiro atoms. The van der Waals surface area contributed by atoms with Gasteiger partial charge in [0.05, 0.1) is 0 Å². The van der Waals surface area contributed by atoms with Crippen LogP contribution in [0.3, 0.4) is 0 Å². The lowest BCUT2D eigenvalue weighted by atomic mass is 9.85. The molecule has 1 aliphatic heterocycles. The van der Waals surface area contributed by atoms with Crippen molar-refractivity contribution in [1.29, 1.82) is 0 Å². The molecule has 0 atom stereocenters. The van der Waals surface area contributed by atoms with Crippen LogP contribution in [0.2, 0.25) is 0 Å². The van der Waals surface area contributed by atoms with E-state index in [9.17, 15) is 9.18 Å². The molecule has 5 heteroatoms. The monoisotopic (exact) mass is 305 g/mol. The molecule has 0 unspecified atom stereocenters. The molecular weight excluding hydrogens is 281 g/mol. The molecule has 4 nitrogen and oxygen atoms in total. The number of rotatable bonds is 3. The van der Waals surface area contributed by atoms with E-state index in [1.54, 1.807) is 12.1 Å². The predicted octanol–water partition coefficient (Wildman–Crippen LogP) is 2.23. The van der Waals surface area contributed by atoms with Crippen molar-refractivity contribution in [2.45, 2.75) is 31.7 Å². The molecule has 0 aromatic heterocycles. The lowest BCUT2D eigenvalue weighted by molar-refractivity contribution is -0.137. The average Bonchev–Trinajstić information content (AvgIpc) is 2.58. The Morgan fingerprint density at radius 3 is 2.36 bits per heavy atom. The lowest BCUT2D eigenvalue weighted by Crippen LogP contribution is -2.49. The Morgan fingerprint density at radius 2 is 1.73 bits per heavy atom. The average molecular weight is 305 g/mol. The van der Waals surface area contributed by atoms with Gasteiger partial charge in [-0.05, 0) is 49.9 Å². The van der Waals surface area contributed by atoms with E-state index in [0.29, 0.717) is 11.9 Å². The summed E-state index contributed by atoms with van der Waals surface area (Å²) < 4.78 is 12.9. The molecule has 1 aromatic carbocycles. The van der Waals surface area contributed by atoms with Crippen LogP contribution in [0, 0.1) is 11.7 Å². The molecule has 1 aliphatic carbocycles. The third-order valence-electron chi connectivity index (χ3n) is 4.72. The number of carbonyl (C=O) groups is 1. The fourth-order valence-electron chi connectivity index (χ4n) is 3.41. The van der Waals surface area contributed by atoms with Crippen LogP contribution in [-0.2, 0) is 4.79 Å². The summed E-state index contributed by atoms with van der Waals surface area (Å²) >= 11 is 0. The van der Waals surface area contributed by atoms with E-state index >= 15 is 0 Å². The van der Waals surface area contributed by atoms with Crippen molar-refractivity contribution in [2.75, 3.05) is 31.5 Å². The largest absolute Gasteiger partial charge is 0.382 e. The molecule has 2 fully saturated rings. The molecule has 0 bridgehead atoms. The van der Waals surface area contributed by atoms with Gasteiger partial charge in [-0.3, -0.25) is 4.79 Å². The number of anilines is 1. The molecule has 2 N–H and O–H groups in total. The van der Waals surface area contributed by atoms with Crippen molar-refractivity contribution in [3.63, 3.8) is 0 Å². The Bertz CT molecular complexity index is 491. The smallest absolute Gasteiger partial charge is 0.225 e. The Morgan fingerprint density at radius 1 is 1.09 bits per heavy atom. The van der Waals surface area contributed by atoms with E-state index in [0.717, 1.165) is 57.5 Å². The molecule has 1 heterocycles. The van der Waals surface area contributed by atoms with Gasteiger partial charge in [-0.15, -0.1) is 0 Å². The summed E-state index contributed by atoms with van der Waals surface area (Å²) in [6.07, 6.45) is 3.89. The number of benzene rings is 1. The molecule has 1 saturated heterocycles. The van der Waals surface area contributed by atoms with E-state index in [1.807, 2.05) is 4.90 Å². The van der Waals surface area contributed by atoms with E-state index in [1.165, 1.54) is 12.1 Å². The topological polar surface area (TPSA) is 44.4 Å². The molecule has 1 saturated carbocycles. The number of nitrogens with zero attached hydrogens (tertiary/aromatic N) is 1. The van der Waals surface area contributed by atoms with Crippen LogP contribution in [0.1, 0.15) is 25.7 Å². The van der Waals surface area contributed by atoms with Crippen LogP contribution >= 0.6 is 0 Å². The van der Waals surface area contributed by atoms with E-state index in [4.69, 9.17) is 0 Å². The number of carbonyl (C=O) groups excluding carboxylic acids is 1. The summed E-state index contributed by atoms with van der Waals surface area (Å²) in [5.74, 6) is 0.307. The number of piperazine rings is 1. The summed E-state index contributed by atoms with van der Waals surface area (Å²) in [5, 5.41) is 6.73. The molecule has 0 radical (unpaired) electrons. The van der Waals surface area contributed by atoms with Crippen LogP contribution in [0.5, 0.6) is 0 Å². The number of nitrogens with one attached hydrogen (secondary N) is 2. The highest BCUT2D eigenvalue weighted by atomic mass is 19.1. The van der Waals surface area contributed by atoms with Gasteiger partial charge >= 0.3 is 0 Å². The number of amides is 1. The van der Waals surface area contributed by atoms with Crippen LogP contribution in [0.4, 0.5) is 10.1 Å². The van der Waals surface area contributed by atoms with E-state index < -0.39 is 0 Å². The van der Waals surface area contributed by atoms with Gasteiger partial charge in [-0.1, -0.05) is 0 Å². The minimum absolute atomic E-state index is 0.185. The van der Waals surface area contributed by atoms with Gasteiger partial charge in [-0.2, -0.15) is 0 Å². The maximum Gasteiger partial charge on any atom is 0.225 e. The number of halogens is 1. The molecule has 2 aliphatic rings. The van der Waals surface area contributed by atoms with Gasteiger partial charge in [0.1, 0.15) is 5.82 Å². The first kappa shape index (κ1) is 15.3. The molecule has 120 valence electrons. The standard InChI is InChI=1S/C17H24FN3O/c18-14-3-7-16(8-4-14)20-15-5-1-13(2-6-15)17(22)21-11-9-19-10-12-21/h3-4,7-8,13,15,19-20H,1-2,5-6,9-12H2/t13-,15-. The van der Waals surface area contributed by atoms with Crippen molar-refractivity contribution in [3.05, 3.63) is 30.1 Å². The summed E-state index contributed by atoms with van der Waals surface area (Å²) in [6, 6.07) is 6.88. The first-order chi connectivity index (χ1) is 10.7. The van der Waals surface area contributed by atoms with Crippen LogP contribution in [0.25, 0.3) is 0 Å². The van der Waals surface area contributed by atoms with Crippen LogP contribution in [-0.4, -0.2) is 43.0 Å². The van der Waals surface area contributed by atoms with Crippen LogP contribution in [0.15, 0.2) is 24.3 Å². The van der Waals surface area contributed by atoms with Gasteiger partial charge in [0.15, 0.2) is 0 Å².